The van der Waals surface area contributed by atoms with Crippen molar-refractivity contribution in [2.24, 2.45) is 0 Å². The van der Waals surface area contributed by atoms with Crippen LogP contribution >= 0.6 is 0 Å². The summed E-state index contributed by atoms with van der Waals surface area (Å²) in [6.07, 6.45) is 9.64. The number of carbonyl (C=O) groups excluding carboxylic acids is 2. The molecule has 1 N–H and O–H groups in total. The largest absolute Gasteiger partial charge is 0.508 e. The SMILES string of the molecule is O=C(C=Cc1ccc(O)cc1)Oc1ccc(C=CC(=O)N2CCCCC2)cc1. The van der Waals surface area contributed by atoms with Gasteiger partial charge in [-0.15, -0.1) is 0 Å². The lowest BCUT2D eigenvalue weighted by Crippen LogP contribution is -2.34. The zero-order chi connectivity index (χ0) is 19.8. The van der Waals surface area contributed by atoms with Crippen molar-refractivity contribution in [1.82, 2.24) is 4.90 Å². The normalized spacial score (nSPS) is 14.5. The molecular weight excluding hydrogens is 354 g/mol. The molecule has 1 fully saturated rings. The van der Waals surface area contributed by atoms with Gasteiger partial charge in [0.2, 0.25) is 5.91 Å². The minimum absolute atomic E-state index is 0.0366. The van der Waals surface area contributed by atoms with E-state index >= 15 is 0 Å². The number of amides is 1. The summed E-state index contributed by atoms with van der Waals surface area (Å²) in [5.74, 6) is 0.151. The molecule has 0 spiro atoms. The number of hydrogen-bond acceptors (Lipinski definition) is 4. The van der Waals surface area contributed by atoms with Crippen molar-refractivity contribution in [2.75, 3.05) is 13.1 Å². The molecule has 0 bridgehead atoms. The Kier molecular flexibility index (Phi) is 6.63. The first-order chi connectivity index (χ1) is 13.6. The summed E-state index contributed by atoms with van der Waals surface area (Å²) in [4.78, 5) is 25.9. The Labute approximate surface area is 164 Å². The van der Waals surface area contributed by atoms with Crippen LogP contribution in [0.15, 0.2) is 60.7 Å². The molecule has 2 aromatic carbocycles. The fourth-order valence-corrected chi connectivity index (χ4v) is 2.93. The van der Waals surface area contributed by atoms with Crippen molar-refractivity contribution in [3.63, 3.8) is 0 Å². The van der Waals surface area contributed by atoms with Crippen LogP contribution in [-0.2, 0) is 9.59 Å². The Hall–Kier alpha value is -3.34. The van der Waals surface area contributed by atoms with Crippen LogP contribution in [0, 0.1) is 0 Å². The van der Waals surface area contributed by atoms with Crippen LogP contribution in [0.4, 0.5) is 0 Å². The van der Waals surface area contributed by atoms with Crippen LogP contribution in [0.1, 0.15) is 30.4 Å². The van der Waals surface area contributed by atoms with E-state index in [0.717, 1.165) is 37.1 Å². The summed E-state index contributed by atoms with van der Waals surface area (Å²) in [6, 6.07) is 13.5. The van der Waals surface area contributed by atoms with E-state index in [-0.39, 0.29) is 11.7 Å². The highest BCUT2D eigenvalue weighted by molar-refractivity contribution is 5.92. The number of nitrogens with zero attached hydrogens (tertiary/aromatic N) is 1. The molecule has 0 aliphatic carbocycles. The van der Waals surface area contributed by atoms with Gasteiger partial charge in [-0.2, -0.15) is 0 Å². The summed E-state index contributed by atoms with van der Waals surface area (Å²) in [5.41, 5.74) is 1.65. The third-order valence-corrected chi connectivity index (χ3v) is 4.49. The predicted molar refractivity (Wildman–Crippen MR) is 109 cm³/mol. The Morgan fingerprint density at radius 2 is 1.39 bits per heavy atom. The maximum Gasteiger partial charge on any atom is 0.336 e. The number of esters is 1. The molecule has 2 aromatic rings. The second kappa shape index (κ2) is 9.55. The third-order valence-electron chi connectivity index (χ3n) is 4.49. The predicted octanol–water partition coefficient (Wildman–Crippen LogP) is 4.04. The standard InChI is InChI=1S/C23H23NO4/c25-20-10-4-18(5-11-20)9-15-23(27)28-21-12-6-19(7-13-21)8-14-22(26)24-16-2-1-3-17-24/h4-15,25H,1-3,16-17H2. The van der Waals surface area contributed by atoms with Crippen LogP contribution in [0.3, 0.4) is 0 Å². The summed E-state index contributed by atoms with van der Waals surface area (Å²) in [5, 5.41) is 9.24. The fourth-order valence-electron chi connectivity index (χ4n) is 2.93. The molecule has 1 aliphatic rings. The highest BCUT2D eigenvalue weighted by Crippen LogP contribution is 2.15. The van der Waals surface area contributed by atoms with Crippen molar-refractivity contribution in [1.29, 1.82) is 0 Å². The van der Waals surface area contributed by atoms with Gasteiger partial charge in [-0.3, -0.25) is 4.79 Å². The topological polar surface area (TPSA) is 66.8 Å². The quantitative estimate of drug-likeness (QED) is 0.485. The van der Waals surface area contributed by atoms with Gasteiger partial charge in [-0.05, 0) is 66.8 Å². The monoisotopic (exact) mass is 377 g/mol. The molecule has 0 aromatic heterocycles. The number of ether oxygens (including phenoxy) is 1. The molecule has 0 atom stereocenters. The molecule has 1 amide bonds. The first-order valence-electron chi connectivity index (χ1n) is 9.36. The smallest absolute Gasteiger partial charge is 0.336 e. The van der Waals surface area contributed by atoms with Crippen LogP contribution in [0.5, 0.6) is 11.5 Å². The van der Waals surface area contributed by atoms with E-state index in [1.54, 1.807) is 66.8 Å². The lowest BCUT2D eigenvalue weighted by atomic mass is 10.1. The van der Waals surface area contributed by atoms with Gasteiger partial charge >= 0.3 is 5.97 Å². The van der Waals surface area contributed by atoms with E-state index in [2.05, 4.69) is 0 Å². The molecule has 0 unspecified atom stereocenters. The first-order valence-corrected chi connectivity index (χ1v) is 9.36. The molecule has 3 rings (SSSR count). The highest BCUT2D eigenvalue weighted by atomic mass is 16.5. The average molecular weight is 377 g/mol. The zero-order valence-corrected chi connectivity index (χ0v) is 15.6. The minimum Gasteiger partial charge on any atom is -0.508 e. The molecule has 28 heavy (non-hydrogen) atoms. The molecule has 1 heterocycles. The number of phenols is 1. The van der Waals surface area contributed by atoms with Gasteiger partial charge in [-0.1, -0.05) is 24.3 Å². The lowest BCUT2D eigenvalue weighted by Gasteiger charge is -2.25. The molecular formula is C23H23NO4. The minimum atomic E-state index is -0.489. The molecule has 144 valence electrons. The van der Waals surface area contributed by atoms with Gasteiger partial charge in [0.05, 0.1) is 0 Å². The van der Waals surface area contributed by atoms with Crippen LogP contribution in [0.25, 0.3) is 12.2 Å². The van der Waals surface area contributed by atoms with Gasteiger partial charge in [0, 0.05) is 25.2 Å². The summed E-state index contributed by atoms with van der Waals surface area (Å²) >= 11 is 0. The number of piperidine rings is 1. The van der Waals surface area contributed by atoms with E-state index in [1.807, 2.05) is 4.90 Å². The molecule has 1 saturated heterocycles. The van der Waals surface area contributed by atoms with Crippen molar-refractivity contribution < 1.29 is 19.4 Å². The Bertz CT molecular complexity index is 860. The number of hydrogen-bond donors (Lipinski definition) is 1. The first kappa shape index (κ1) is 19.4. The molecule has 5 nitrogen and oxygen atoms in total. The second-order valence-electron chi connectivity index (χ2n) is 6.63. The Balaban J connectivity index is 1.52. The Morgan fingerprint density at radius 1 is 0.821 bits per heavy atom. The van der Waals surface area contributed by atoms with E-state index in [0.29, 0.717) is 5.75 Å². The number of benzene rings is 2. The average Bonchev–Trinajstić information content (AvgIpc) is 2.73. The van der Waals surface area contributed by atoms with Gasteiger partial charge in [0.1, 0.15) is 11.5 Å². The summed E-state index contributed by atoms with van der Waals surface area (Å²) < 4.78 is 5.26. The second-order valence-corrected chi connectivity index (χ2v) is 6.63. The van der Waals surface area contributed by atoms with Gasteiger partial charge in [0.25, 0.3) is 0 Å². The third kappa shape index (κ3) is 5.84. The maximum absolute atomic E-state index is 12.1. The lowest BCUT2D eigenvalue weighted by molar-refractivity contribution is -0.129. The molecule has 0 saturated carbocycles. The van der Waals surface area contributed by atoms with Crippen molar-refractivity contribution in [3.05, 3.63) is 71.8 Å². The molecule has 1 aliphatic heterocycles. The molecule has 5 heteroatoms. The van der Waals surface area contributed by atoms with Crippen LogP contribution in [-0.4, -0.2) is 35.0 Å². The number of rotatable bonds is 5. The summed E-state index contributed by atoms with van der Waals surface area (Å²) in [7, 11) is 0. The highest BCUT2D eigenvalue weighted by Gasteiger charge is 2.13. The van der Waals surface area contributed by atoms with Gasteiger partial charge in [-0.25, -0.2) is 4.79 Å². The van der Waals surface area contributed by atoms with E-state index in [4.69, 9.17) is 4.74 Å². The van der Waals surface area contributed by atoms with Crippen molar-refractivity contribution >= 4 is 24.0 Å². The van der Waals surface area contributed by atoms with Crippen molar-refractivity contribution in [3.8, 4) is 11.5 Å². The number of carbonyl (C=O) groups is 2. The van der Waals surface area contributed by atoms with Gasteiger partial charge < -0.3 is 14.7 Å². The number of aromatic hydroxyl groups is 1. The zero-order valence-electron chi connectivity index (χ0n) is 15.6. The number of likely N-dealkylation sites (tertiary alicyclic amines) is 1. The van der Waals surface area contributed by atoms with Crippen LogP contribution < -0.4 is 4.74 Å². The van der Waals surface area contributed by atoms with E-state index < -0.39 is 5.97 Å². The van der Waals surface area contributed by atoms with Gasteiger partial charge in [0.15, 0.2) is 0 Å². The Morgan fingerprint density at radius 3 is 2.04 bits per heavy atom. The van der Waals surface area contributed by atoms with Crippen molar-refractivity contribution in [2.45, 2.75) is 19.3 Å². The van der Waals surface area contributed by atoms with Crippen LogP contribution in [0.2, 0.25) is 0 Å². The molecule has 0 radical (unpaired) electrons. The van der Waals surface area contributed by atoms with E-state index in [1.165, 1.54) is 12.5 Å². The van der Waals surface area contributed by atoms with E-state index in [9.17, 15) is 14.7 Å². The number of phenolic OH excluding ortho intramolecular Hbond substituents is 1. The maximum atomic E-state index is 12.1. The fraction of sp³-hybridized carbons (Fsp3) is 0.217. The summed E-state index contributed by atoms with van der Waals surface area (Å²) in [6.45, 7) is 1.66.